The molecule has 2 amide bonds. The van der Waals surface area contributed by atoms with Crippen molar-refractivity contribution in [2.24, 2.45) is 11.3 Å². The van der Waals surface area contributed by atoms with Crippen molar-refractivity contribution in [3.05, 3.63) is 46.1 Å². The normalized spacial score (nSPS) is 21.9. The minimum Gasteiger partial charge on any atom is -0.481 e. The first kappa shape index (κ1) is 26.6. The van der Waals surface area contributed by atoms with Crippen molar-refractivity contribution in [1.82, 2.24) is 5.32 Å². The number of halogens is 1. The Labute approximate surface area is 215 Å². The number of carbonyl (C=O) groups is 2. The highest BCUT2D eigenvalue weighted by Crippen LogP contribution is 2.44. The largest absolute Gasteiger partial charge is 0.481 e. The molecular weight excluding hydrogens is 503 g/mol. The average Bonchev–Trinajstić information content (AvgIpc) is 3.32. The van der Waals surface area contributed by atoms with Crippen LogP contribution in [0.4, 0.5) is 9.39 Å². The molecule has 1 saturated heterocycles. The molecule has 2 N–H and O–H groups in total. The predicted octanol–water partition coefficient (Wildman–Crippen LogP) is 4.36. The van der Waals surface area contributed by atoms with Gasteiger partial charge < -0.3 is 15.4 Å². The van der Waals surface area contributed by atoms with E-state index in [1.54, 1.807) is 6.92 Å². The lowest BCUT2D eigenvalue weighted by Gasteiger charge is -2.33. The third kappa shape index (κ3) is 6.08. The van der Waals surface area contributed by atoms with Gasteiger partial charge in [-0.2, -0.15) is 0 Å². The molecule has 1 aromatic carbocycles. The molecule has 1 aliphatic carbocycles. The van der Waals surface area contributed by atoms with Crippen molar-refractivity contribution in [3.8, 4) is 5.75 Å². The van der Waals surface area contributed by atoms with E-state index in [0.717, 1.165) is 29.7 Å². The van der Waals surface area contributed by atoms with Crippen molar-refractivity contribution < 1.29 is 27.1 Å². The van der Waals surface area contributed by atoms with Gasteiger partial charge in [0.15, 0.2) is 15.9 Å². The number of carbonyl (C=O) groups excluding carboxylic acids is 2. The smallest absolute Gasteiger partial charge is 0.265 e. The number of thiophene rings is 1. The summed E-state index contributed by atoms with van der Waals surface area (Å²) in [6.45, 7) is 8.22. The summed E-state index contributed by atoms with van der Waals surface area (Å²) in [4.78, 5) is 27.5. The number of hydrogen-bond donors (Lipinski definition) is 2. The van der Waals surface area contributed by atoms with Gasteiger partial charge in [-0.05, 0) is 73.8 Å². The van der Waals surface area contributed by atoms with Gasteiger partial charge in [0.2, 0.25) is 0 Å². The molecular formula is C26H33FN2O5S2. The van der Waals surface area contributed by atoms with E-state index in [4.69, 9.17) is 4.74 Å². The number of rotatable bonds is 6. The molecule has 0 saturated carbocycles. The Morgan fingerprint density at radius 3 is 2.47 bits per heavy atom. The summed E-state index contributed by atoms with van der Waals surface area (Å²) < 4.78 is 42.6. The molecule has 0 unspecified atom stereocenters. The lowest BCUT2D eigenvalue weighted by atomic mass is 9.72. The van der Waals surface area contributed by atoms with Crippen LogP contribution in [0.5, 0.6) is 5.75 Å². The summed E-state index contributed by atoms with van der Waals surface area (Å²) in [6.07, 6.45) is 1.98. The Kier molecular flexibility index (Phi) is 7.48. The monoisotopic (exact) mass is 536 g/mol. The first-order valence-corrected chi connectivity index (χ1v) is 14.8. The molecule has 2 aromatic rings. The van der Waals surface area contributed by atoms with Gasteiger partial charge in [-0.25, -0.2) is 12.8 Å². The quantitative estimate of drug-likeness (QED) is 0.571. The van der Waals surface area contributed by atoms with Crippen LogP contribution in [0.15, 0.2) is 24.3 Å². The van der Waals surface area contributed by atoms with Crippen LogP contribution >= 0.6 is 11.3 Å². The van der Waals surface area contributed by atoms with Crippen molar-refractivity contribution in [2.75, 3.05) is 16.8 Å². The Morgan fingerprint density at radius 2 is 1.86 bits per heavy atom. The maximum Gasteiger partial charge on any atom is 0.265 e. The van der Waals surface area contributed by atoms with Gasteiger partial charge >= 0.3 is 0 Å². The summed E-state index contributed by atoms with van der Waals surface area (Å²) >= 11 is 1.41. The molecule has 0 bridgehead atoms. The summed E-state index contributed by atoms with van der Waals surface area (Å²) in [5.41, 5.74) is 1.47. The number of sulfone groups is 1. The first-order valence-electron chi connectivity index (χ1n) is 12.2. The highest BCUT2D eigenvalue weighted by molar-refractivity contribution is 7.91. The molecule has 196 valence electrons. The molecule has 36 heavy (non-hydrogen) atoms. The third-order valence-corrected chi connectivity index (χ3v) is 9.95. The Hall–Kier alpha value is -2.46. The lowest BCUT2D eigenvalue weighted by Crippen LogP contribution is -2.37. The minimum absolute atomic E-state index is 0.0643. The minimum atomic E-state index is -3.15. The number of hydrogen-bond acceptors (Lipinski definition) is 6. The zero-order valence-corrected chi connectivity index (χ0v) is 22.7. The molecule has 10 heteroatoms. The molecule has 1 aromatic heterocycles. The van der Waals surface area contributed by atoms with E-state index in [1.807, 2.05) is 0 Å². The van der Waals surface area contributed by atoms with Crippen molar-refractivity contribution in [1.29, 1.82) is 0 Å². The number of ether oxygens (including phenoxy) is 1. The number of amides is 2. The van der Waals surface area contributed by atoms with Crippen LogP contribution in [0.2, 0.25) is 0 Å². The molecule has 0 spiro atoms. The SMILES string of the molecule is C[C@@H](Oc1ccc(F)cc1)C(=O)Nc1sc2c(c1C(=O)N[C@@H]1CCS(=O)(=O)C1)CC[C@@H](C(C)(C)C)C2. The van der Waals surface area contributed by atoms with Crippen LogP contribution in [0.25, 0.3) is 0 Å². The van der Waals surface area contributed by atoms with Crippen LogP contribution in [0.3, 0.4) is 0 Å². The van der Waals surface area contributed by atoms with Gasteiger partial charge in [0, 0.05) is 10.9 Å². The molecule has 7 nitrogen and oxygen atoms in total. The third-order valence-electron chi connectivity index (χ3n) is 7.02. The topological polar surface area (TPSA) is 102 Å². The predicted molar refractivity (Wildman–Crippen MR) is 139 cm³/mol. The Bertz CT molecular complexity index is 1250. The van der Waals surface area contributed by atoms with E-state index >= 15 is 0 Å². The van der Waals surface area contributed by atoms with Gasteiger partial charge in [0.1, 0.15) is 16.6 Å². The zero-order chi connectivity index (χ0) is 26.3. The van der Waals surface area contributed by atoms with Gasteiger partial charge in [0.05, 0.1) is 17.1 Å². The van der Waals surface area contributed by atoms with Crippen molar-refractivity contribution in [2.45, 2.75) is 65.5 Å². The maximum atomic E-state index is 13.4. The summed E-state index contributed by atoms with van der Waals surface area (Å²) in [6, 6.07) is 4.97. The molecule has 1 aliphatic heterocycles. The number of anilines is 1. The standard InChI is InChI=1S/C26H33FN2O5S2/c1-15(34-19-8-6-17(27)7-9-19)23(30)29-25-22(24(31)28-18-11-12-36(32,33)14-18)20-10-5-16(26(2,3)4)13-21(20)35-25/h6-9,15-16,18H,5,10-14H2,1-4H3,(H,28,31)(H,29,30)/t15-,16-,18-/m1/s1. The summed E-state index contributed by atoms with van der Waals surface area (Å²) in [5.74, 6) is -0.380. The molecule has 1 fully saturated rings. The fraction of sp³-hybridized carbons (Fsp3) is 0.538. The van der Waals surface area contributed by atoms with Crippen molar-refractivity contribution in [3.63, 3.8) is 0 Å². The van der Waals surface area contributed by atoms with Crippen molar-refractivity contribution >= 4 is 38.0 Å². The van der Waals surface area contributed by atoms with Gasteiger partial charge in [-0.3, -0.25) is 9.59 Å². The van der Waals surface area contributed by atoms with E-state index in [-0.39, 0.29) is 22.8 Å². The van der Waals surface area contributed by atoms with Crippen LogP contribution in [-0.2, 0) is 27.5 Å². The molecule has 0 radical (unpaired) electrons. The second kappa shape index (κ2) is 10.1. The van der Waals surface area contributed by atoms with Crippen LogP contribution in [0.1, 0.15) is 61.3 Å². The first-order chi connectivity index (χ1) is 16.8. The van der Waals surface area contributed by atoms with E-state index in [2.05, 4.69) is 31.4 Å². The van der Waals surface area contributed by atoms with Gasteiger partial charge in [-0.15, -0.1) is 11.3 Å². The second-order valence-electron chi connectivity index (χ2n) is 10.8. The average molecular weight is 537 g/mol. The highest BCUT2D eigenvalue weighted by Gasteiger charge is 2.36. The van der Waals surface area contributed by atoms with Gasteiger partial charge in [0.25, 0.3) is 11.8 Å². The number of fused-ring (bicyclic) bond motifs is 1. The van der Waals surface area contributed by atoms with E-state index < -0.39 is 33.7 Å². The molecule has 4 rings (SSSR count). The Balaban J connectivity index is 1.57. The van der Waals surface area contributed by atoms with E-state index in [0.29, 0.717) is 28.7 Å². The van der Waals surface area contributed by atoms with Crippen LogP contribution < -0.4 is 15.4 Å². The summed E-state index contributed by atoms with van der Waals surface area (Å²) in [7, 11) is -3.15. The van der Waals surface area contributed by atoms with Crippen LogP contribution in [0, 0.1) is 17.2 Å². The molecule has 2 aliphatic rings. The molecule has 2 heterocycles. The summed E-state index contributed by atoms with van der Waals surface area (Å²) in [5, 5.41) is 6.21. The number of nitrogens with one attached hydrogen (secondary N) is 2. The lowest BCUT2D eigenvalue weighted by molar-refractivity contribution is -0.122. The number of benzene rings is 1. The zero-order valence-electron chi connectivity index (χ0n) is 21.0. The van der Waals surface area contributed by atoms with Crippen LogP contribution in [-0.4, -0.2) is 43.9 Å². The molecule has 3 atom stereocenters. The second-order valence-corrected chi connectivity index (χ2v) is 14.1. The van der Waals surface area contributed by atoms with Gasteiger partial charge in [-0.1, -0.05) is 20.8 Å². The Morgan fingerprint density at radius 1 is 1.17 bits per heavy atom. The van der Waals surface area contributed by atoms with E-state index in [9.17, 15) is 22.4 Å². The highest BCUT2D eigenvalue weighted by atomic mass is 32.2. The fourth-order valence-corrected chi connectivity index (χ4v) is 7.81. The maximum absolute atomic E-state index is 13.4. The van der Waals surface area contributed by atoms with E-state index in [1.165, 1.54) is 35.6 Å². The fourth-order valence-electron chi connectivity index (χ4n) is 4.80.